The van der Waals surface area contributed by atoms with Gasteiger partial charge < -0.3 is 4.98 Å². The molecular weight excluding hydrogens is 350 g/mol. The molecule has 26 heavy (non-hydrogen) atoms. The molecule has 130 valence electrons. The Morgan fingerprint density at radius 1 is 1.19 bits per heavy atom. The Balaban J connectivity index is 1.60. The fourth-order valence-corrected chi connectivity index (χ4v) is 3.29. The van der Waals surface area contributed by atoms with Crippen LogP contribution in [0.2, 0.25) is 0 Å². The highest BCUT2D eigenvalue weighted by molar-refractivity contribution is 7.13. The summed E-state index contributed by atoms with van der Waals surface area (Å²) in [6.07, 6.45) is 0. The summed E-state index contributed by atoms with van der Waals surface area (Å²) in [6, 6.07) is 13.6. The van der Waals surface area contributed by atoms with Gasteiger partial charge in [-0.15, -0.1) is 11.3 Å². The van der Waals surface area contributed by atoms with Crippen molar-refractivity contribution in [1.29, 1.82) is 0 Å². The van der Waals surface area contributed by atoms with Gasteiger partial charge in [0, 0.05) is 6.07 Å². The number of para-hydroxylation sites is 2. The maximum absolute atomic E-state index is 12.6. The fraction of sp³-hybridized carbons (Fsp3) is 0.111. The minimum atomic E-state index is -0.782. The first-order valence-corrected chi connectivity index (χ1v) is 8.89. The third-order valence-corrected chi connectivity index (χ3v) is 4.87. The van der Waals surface area contributed by atoms with E-state index in [1.165, 1.54) is 22.1 Å². The Bertz CT molecular complexity index is 1100. The Morgan fingerprint density at radius 2 is 2.04 bits per heavy atom. The second kappa shape index (κ2) is 6.57. The average Bonchev–Trinajstić information content (AvgIpc) is 3.30. The summed E-state index contributed by atoms with van der Waals surface area (Å²) in [6.45, 7) is 1.63. The van der Waals surface area contributed by atoms with E-state index < -0.39 is 6.04 Å². The lowest BCUT2D eigenvalue weighted by Gasteiger charge is -2.13. The van der Waals surface area contributed by atoms with Gasteiger partial charge in [0.2, 0.25) is 5.95 Å². The number of hydrogen-bond acceptors (Lipinski definition) is 5. The normalized spacial score (nSPS) is 12.2. The topological polar surface area (TPSA) is 92.7 Å². The zero-order valence-corrected chi connectivity index (χ0v) is 14.7. The fourth-order valence-electron chi connectivity index (χ4n) is 2.60. The van der Waals surface area contributed by atoms with Crippen molar-refractivity contribution in [2.45, 2.75) is 13.0 Å². The van der Waals surface area contributed by atoms with Gasteiger partial charge >= 0.3 is 0 Å². The summed E-state index contributed by atoms with van der Waals surface area (Å²) in [5, 5.41) is 8.99. The molecule has 2 N–H and O–H groups in total. The van der Waals surface area contributed by atoms with Crippen LogP contribution in [0.5, 0.6) is 0 Å². The average molecular weight is 365 g/mol. The van der Waals surface area contributed by atoms with E-state index in [1.54, 1.807) is 13.0 Å². The van der Waals surface area contributed by atoms with E-state index in [-0.39, 0.29) is 11.5 Å². The van der Waals surface area contributed by atoms with E-state index in [0.29, 0.717) is 11.6 Å². The standard InChI is InChI=1S/C18H15N5O2S/c1-11(17(25)21-18-19-12-5-2-3-6-13(12)20-18)23-16(24)9-8-14(22-23)15-7-4-10-26-15/h2-11H,1H3,(H2,19,20,21,25). The molecule has 0 saturated heterocycles. The molecule has 4 aromatic rings. The number of hydrogen-bond donors (Lipinski definition) is 2. The number of fused-ring (bicyclic) bond motifs is 1. The minimum absolute atomic E-state index is 0.336. The molecule has 1 unspecified atom stereocenters. The van der Waals surface area contributed by atoms with Crippen LogP contribution in [0.25, 0.3) is 21.6 Å². The van der Waals surface area contributed by atoms with Crippen LogP contribution in [0.1, 0.15) is 13.0 Å². The second-order valence-corrected chi connectivity index (χ2v) is 6.69. The number of rotatable bonds is 4. The Labute approximate surface area is 152 Å². The summed E-state index contributed by atoms with van der Waals surface area (Å²) >= 11 is 1.52. The third kappa shape index (κ3) is 3.02. The van der Waals surface area contributed by atoms with Crippen LogP contribution in [-0.2, 0) is 4.79 Å². The van der Waals surface area contributed by atoms with Crippen molar-refractivity contribution in [3.8, 4) is 10.6 Å². The van der Waals surface area contributed by atoms with Gasteiger partial charge in [-0.2, -0.15) is 5.10 Å². The number of aromatic amines is 1. The molecule has 0 spiro atoms. The zero-order valence-electron chi connectivity index (χ0n) is 13.8. The molecule has 1 atom stereocenters. The van der Waals surface area contributed by atoms with Gasteiger partial charge in [0.05, 0.1) is 15.9 Å². The molecule has 1 aromatic carbocycles. The lowest BCUT2D eigenvalue weighted by molar-refractivity contribution is -0.119. The van der Waals surface area contributed by atoms with Crippen molar-refractivity contribution >= 4 is 34.2 Å². The molecule has 4 rings (SSSR count). The summed E-state index contributed by atoms with van der Waals surface area (Å²) in [5.74, 6) is -0.0347. The lowest BCUT2D eigenvalue weighted by Crippen LogP contribution is -2.33. The monoisotopic (exact) mass is 365 g/mol. The number of imidazole rings is 1. The van der Waals surface area contributed by atoms with Gasteiger partial charge in [0.15, 0.2) is 0 Å². The summed E-state index contributed by atoms with van der Waals surface area (Å²) in [4.78, 5) is 33.0. The van der Waals surface area contributed by atoms with Crippen LogP contribution in [0.4, 0.5) is 5.95 Å². The molecule has 7 nitrogen and oxygen atoms in total. The van der Waals surface area contributed by atoms with Crippen LogP contribution >= 0.6 is 11.3 Å². The Kier molecular flexibility index (Phi) is 4.10. The first-order chi connectivity index (χ1) is 12.6. The van der Waals surface area contributed by atoms with E-state index in [2.05, 4.69) is 20.4 Å². The largest absolute Gasteiger partial charge is 0.324 e. The zero-order chi connectivity index (χ0) is 18.1. The van der Waals surface area contributed by atoms with Crippen LogP contribution in [0, 0.1) is 0 Å². The maximum atomic E-state index is 12.6. The van der Waals surface area contributed by atoms with Gasteiger partial charge in [-0.05, 0) is 36.6 Å². The van der Waals surface area contributed by atoms with Crippen molar-refractivity contribution in [2.24, 2.45) is 0 Å². The van der Waals surface area contributed by atoms with Crippen molar-refractivity contribution in [2.75, 3.05) is 5.32 Å². The third-order valence-electron chi connectivity index (χ3n) is 3.98. The molecule has 0 fully saturated rings. The van der Waals surface area contributed by atoms with E-state index in [9.17, 15) is 9.59 Å². The highest BCUT2D eigenvalue weighted by Crippen LogP contribution is 2.22. The minimum Gasteiger partial charge on any atom is -0.324 e. The number of aromatic nitrogens is 4. The number of H-pyrrole nitrogens is 1. The van der Waals surface area contributed by atoms with Gasteiger partial charge in [-0.25, -0.2) is 9.67 Å². The Hall–Kier alpha value is -3.26. The molecule has 0 saturated carbocycles. The predicted molar refractivity (Wildman–Crippen MR) is 101 cm³/mol. The van der Waals surface area contributed by atoms with Crippen LogP contribution in [0.3, 0.4) is 0 Å². The van der Waals surface area contributed by atoms with Crippen LogP contribution in [-0.4, -0.2) is 25.7 Å². The Morgan fingerprint density at radius 3 is 2.81 bits per heavy atom. The van der Waals surface area contributed by atoms with Crippen molar-refractivity contribution in [3.05, 3.63) is 64.3 Å². The predicted octanol–water partition coefficient (Wildman–Crippen LogP) is 3.05. The smallest absolute Gasteiger partial charge is 0.267 e. The number of nitrogens with zero attached hydrogens (tertiary/aromatic N) is 3. The van der Waals surface area contributed by atoms with Crippen LogP contribution < -0.4 is 10.9 Å². The molecule has 0 aliphatic heterocycles. The first kappa shape index (κ1) is 16.2. The van der Waals surface area contributed by atoms with Crippen molar-refractivity contribution in [3.63, 3.8) is 0 Å². The molecule has 0 bridgehead atoms. The molecule has 0 aliphatic rings. The first-order valence-electron chi connectivity index (χ1n) is 8.01. The lowest BCUT2D eigenvalue weighted by atomic mass is 10.3. The number of nitrogens with one attached hydrogen (secondary N) is 2. The molecule has 0 radical (unpaired) electrons. The molecule has 3 aromatic heterocycles. The molecule has 0 aliphatic carbocycles. The number of carbonyl (C=O) groups excluding carboxylic acids is 1. The number of benzene rings is 1. The van der Waals surface area contributed by atoms with Crippen molar-refractivity contribution in [1.82, 2.24) is 19.7 Å². The van der Waals surface area contributed by atoms with E-state index >= 15 is 0 Å². The summed E-state index contributed by atoms with van der Waals surface area (Å²) < 4.78 is 1.19. The number of carbonyl (C=O) groups is 1. The van der Waals surface area contributed by atoms with Crippen LogP contribution in [0.15, 0.2) is 58.7 Å². The van der Waals surface area contributed by atoms with E-state index in [4.69, 9.17) is 0 Å². The SMILES string of the molecule is CC(C(=O)Nc1nc2ccccc2[nH]1)n1nc(-c2cccs2)ccc1=O. The van der Waals surface area contributed by atoms with Gasteiger partial charge in [0.1, 0.15) is 11.7 Å². The quantitative estimate of drug-likeness (QED) is 0.581. The molecule has 8 heteroatoms. The summed E-state index contributed by atoms with van der Waals surface area (Å²) in [5.41, 5.74) is 1.90. The number of amides is 1. The second-order valence-electron chi connectivity index (χ2n) is 5.75. The summed E-state index contributed by atoms with van der Waals surface area (Å²) in [7, 11) is 0. The van der Waals surface area contributed by atoms with E-state index in [1.807, 2.05) is 41.8 Å². The molecule has 1 amide bonds. The molecule has 3 heterocycles. The number of anilines is 1. The maximum Gasteiger partial charge on any atom is 0.267 e. The van der Waals surface area contributed by atoms with E-state index in [0.717, 1.165) is 15.9 Å². The molecular formula is C18H15N5O2S. The van der Waals surface area contributed by atoms with Gasteiger partial charge in [-0.3, -0.25) is 14.9 Å². The van der Waals surface area contributed by atoms with Gasteiger partial charge in [0.25, 0.3) is 11.5 Å². The van der Waals surface area contributed by atoms with Gasteiger partial charge in [-0.1, -0.05) is 18.2 Å². The van der Waals surface area contributed by atoms with Crippen molar-refractivity contribution < 1.29 is 4.79 Å². The number of thiophene rings is 1. The highest BCUT2D eigenvalue weighted by atomic mass is 32.1. The highest BCUT2D eigenvalue weighted by Gasteiger charge is 2.19.